The molecule has 1 aromatic carbocycles. The number of carboxylic acids is 1. The average molecular weight is 339 g/mol. The molecule has 2 heterocycles. The van der Waals surface area contributed by atoms with Crippen LogP contribution in [0.4, 0.5) is 19.0 Å². The third-order valence-electron chi connectivity index (χ3n) is 4.00. The van der Waals surface area contributed by atoms with E-state index in [9.17, 15) is 23.1 Å². The Balaban J connectivity index is 2.04. The summed E-state index contributed by atoms with van der Waals surface area (Å²) in [6.45, 7) is 3.04. The number of alkyl halides is 3. The fourth-order valence-corrected chi connectivity index (χ4v) is 2.91. The molecule has 0 fully saturated rings. The molecule has 1 N–H and O–H groups in total. The fourth-order valence-electron chi connectivity index (χ4n) is 2.91. The normalized spacial score (nSPS) is 14.6. The molecule has 0 aliphatic carbocycles. The lowest BCUT2D eigenvalue weighted by molar-refractivity contribution is -0.142. The number of rotatable bonds is 3. The number of carbonyl (C=O) groups is 1. The van der Waals surface area contributed by atoms with E-state index in [1.54, 1.807) is 4.90 Å². The molecule has 0 radical (unpaired) electrons. The average Bonchev–Trinajstić information content (AvgIpc) is 2.90. The maximum atomic E-state index is 13.1. The highest BCUT2D eigenvalue weighted by atomic mass is 19.4. The van der Waals surface area contributed by atoms with Gasteiger partial charge < -0.3 is 10.0 Å². The van der Waals surface area contributed by atoms with Crippen molar-refractivity contribution >= 4 is 11.8 Å². The first-order valence-corrected chi connectivity index (χ1v) is 7.49. The number of fused-ring (bicyclic) bond motifs is 1. The first-order chi connectivity index (χ1) is 11.3. The molecule has 5 nitrogen and oxygen atoms in total. The smallest absolute Gasteiger partial charge is 0.436 e. The zero-order valence-corrected chi connectivity index (χ0v) is 13.0. The summed E-state index contributed by atoms with van der Waals surface area (Å²) in [6, 6.07) is 7.59. The van der Waals surface area contributed by atoms with E-state index >= 15 is 0 Å². The van der Waals surface area contributed by atoms with Gasteiger partial charge in [-0.1, -0.05) is 29.8 Å². The summed E-state index contributed by atoms with van der Waals surface area (Å²) in [5.74, 6) is -1.58. The predicted molar refractivity (Wildman–Crippen MR) is 81.0 cm³/mol. The number of anilines is 1. The molecule has 24 heavy (non-hydrogen) atoms. The van der Waals surface area contributed by atoms with Gasteiger partial charge in [-0.25, -0.2) is 9.48 Å². The molecule has 1 aliphatic heterocycles. The van der Waals surface area contributed by atoms with Gasteiger partial charge in [0.25, 0.3) is 0 Å². The Morgan fingerprint density at radius 1 is 1.25 bits per heavy atom. The number of hydrogen-bond acceptors (Lipinski definition) is 3. The minimum absolute atomic E-state index is 0.0293. The predicted octanol–water partition coefficient (Wildman–Crippen LogP) is 3.32. The summed E-state index contributed by atoms with van der Waals surface area (Å²) < 4.78 is 40.6. The molecule has 3 rings (SSSR count). The fraction of sp³-hybridized carbons (Fsp3) is 0.375. The number of aromatic nitrogens is 2. The monoisotopic (exact) mass is 339 g/mol. The van der Waals surface area contributed by atoms with Gasteiger partial charge >= 0.3 is 12.1 Å². The molecular formula is C16H16F3N3O2. The summed E-state index contributed by atoms with van der Waals surface area (Å²) in [6.07, 6.45) is -4.19. The lowest BCUT2D eigenvalue weighted by atomic mass is 10.1. The van der Waals surface area contributed by atoms with Gasteiger partial charge in [0.05, 0.1) is 0 Å². The van der Waals surface area contributed by atoms with Gasteiger partial charge in [-0.3, -0.25) is 0 Å². The van der Waals surface area contributed by atoms with Crippen LogP contribution >= 0.6 is 0 Å². The van der Waals surface area contributed by atoms with E-state index in [1.807, 2.05) is 31.2 Å². The second-order valence-electron chi connectivity index (χ2n) is 5.83. The summed E-state index contributed by atoms with van der Waals surface area (Å²) in [5, 5.41) is 12.8. The van der Waals surface area contributed by atoms with Crippen LogP contribution in [-0.2, 0) is 19.3 Å². The maximum Gasteiger partial charge on any atom is 0.436 e. The second kappa shape index (κ2) is 5.85. The van der Waals surface area contributed by atoms with Gasteiger partial charge in [0, 0.05) is 19.6 Å². The molecule has 0 saturated heterocycles. The molecule has 0 spiro atoms. The van der Waals surface area contributed by atoms with E-state index < -0.39 is 23.4 Å². The zero-order valence-electron chi connectivity index (χ0n) is 13.0. The third-order valence-corrected chi connectivity index (χ3v) is 4.00. The Bertz CT molecular complexity index is 766. The van der Waals surface area contributed by atoms with Crippen LogP contribution in [0.5, 0.6) is 0 Å². The van der Waals surface area contributed by atoms with Crippen molar-refractivity contribution in [3.63, 3.8) is 0 Å². The van der Waals surface area contributed by atoms with Gasteiger partial charge in [-0.2, -0.15) is 18.3 Å². The topological polar surface area (TPSA) is 58.4 Å². The first kappa shape index (κ1) is 16.4. The van der Waals surface area contributed by atoms with Crippen molar-refractivity contribution in [3.8, 4) is 0 Å². The molecule has 0 saturated carbocycles. The molecule has 0 unspecified atom stereocenters. The van der Waals surface area contributed by atoms with E-state index in [0.29, 0.717) is 19.5 Å². The minimum Gasteiger partial charge on any atom is -0.477 e. The molecule has 0 atom stereocenters. The van der Waals surface area contributed by atoms with E-state index in [-0.39, 0.29) is 12.4 Å². The number of halogens is 3. The SMILES string of the molecule is Cc1ccc(CN2CCCn3nc(C(F)(F)F)c(C(=O)O)c32)cc1. The van der Waals surface area contributed by atoms with Gasteiger partial charge in [0.15, 0.2) is 5.69 Å². The van der Waals surface area contributed by atoms with Crippen molar-refractivity contribution < 1.29 is 23.1 Å². The Morgan fingerprint density at radius 2 is 1.92 bits per heavy atom. The number of aromatic carboxylic acids is 1. The van der Waals surface area contributed by atoms with Crippen molar-refractivity contribution in [1.29, 1.82) is 0 Å². The van der Waals surface area contributed by atoms with Crippen molar-refractivity contribution in [2.24, 2.45) is 0 Å². The number of benzene rings is 1. The van der Waals surface area contributed by atoms with Crippen LogP contribution in [0.25, 0.3) is 0 Å². The lowest BCUT2D eigenvalue weighted by Gasteiger charge is -2.30. The van der Waals surface area contributed by atoms with Gasteiger partial charge in [-0.15, -0.1) is 0 Å². The largest absolute Gasteiger partial charge is 0.477 e. The Labute approximate surface area is 136 Å². The number of carboxylic acid groups (broad SMARTS) is 1. The van der Waals surface area contributed by atoms with Crippen molar-refractivity contribution in [2.45, 2.75) is 32.6 Å². The molecule has 1 aromatic heterocycles. The Morgan fingerprint density at radius 3 is 2.50 bits per heavy atom. The third kappa shape index (κ3) is 2.95. The van der Waals surface area contributed by atoms with E-state index in [0.717, 1.165) is 15.8 Å². The molecular weight excluding hydrogens is 323 g/mol. The van der Waals surface area contributed by atoms with Crippen molar-refractivity contribution in [3.05, 3.63) is 46.6 Å². The molecule has 0 bridgehead atoms. The first-order valence-electron chi connectivity index (χ1n) is 7.49. The van der Waals surface area contributed by atoms with Gasteiger partial charge in [0.1, 0.15) is 11.4 Å². The maximum absolute atomic E-state index is 13.1. The van der Waals surface area contributed by atoms with Crippen LogP contribution in [0.15, 0.2) is 24.3 Å². The second-order valence-corrected chi connectivity index (χ2v) is 5.83. The van der Waals surface area contributed by atoms with Crippen molar-refractivity contribution in [2.75, 3.05) is 11.4 Å². The highest BCUT2D eigenvalue weighted by Gasteiger charge is 2.43. The van der Waals surface area contributed by atoms with Crippen LogP contribution in [0.1, 0.15) is 33.6 Å². The summed E-state index contributed by atoms with van der Waals surface area (Å²) in [7, 11) is 0. The number of nitrogens with zero attached hydrogens (tertiary/aromatic N) is 3. The van der Waals surface area contributed by atoms with Crippen LogP contribution in [0.2, 0.25) is 0 Å². The molecule has 0 amide bonds. The summed E-state index contributed by atoms with van der Waals surface area (Å²) in [5.41, 5.74) is -0.122. The molecule has 2 aromatic rings. The standard InChI is InChI=1S/C16H16F3N3O2/c1-10-3-5-11(6-4-10)9-21-7-2-8-22-14(21)12(15(23)24)13(20-22)16(17,18)19/h3-6H,2,7-9H2,1H3,(H,23,24). The van der Waals surface area contributed by atoms with Crippen molar-refractivity contribution in [1.82, 2.24) is 9.78 Å². The highest BCUT2D eigenvalue weighted by Crippen LogP contribution is 2.38. The van der Waals surface area contributed by atoms with Gasteiger partial charge in [0.2, 0.25) is 0 Å². The lowest BCUT2D eigenvalue weighted by Crippen LogP contribution is -2.33. The minimum atomic E-state index is -4.80. The zero-order chi connectivity index (χ0) is 17.5. The van der Waals surface area contributed by atoms with E-state index in [1.165, 1.54) is 0 Å². The molecule has 1 aliphatic rings. The van der Waals surface area contributed by atoms with Crippen LogP contribution in [0, 0.1) is 6.92 Å². The Kier molecular flexibility index (Phi) is 3.98. The number of aryl methyl sites for hydroxylation is 2. The molecule has 8 heteroatoms. The van der Waals surface area contributed by atoms with Gasteiger partial charge in [-0.05, 0) is 18.9 Å². The van der Waals surface area contributed by atoms with Crippen LogP contribution in [-0.4, -0.2) is 27.4 Å². The van der Waals surface area contributed by atoms with Crippen LogP contribution < -0.4 is 4.90 Å². The summed E-state index contributed by atoms with van der Waals surface area (Å²) >= 11 is 0. The highest BCUT2D eigenvalue weighted by molar-refractivity contribution is 5.95. The van der Waals surface area contributed by atoms with Crippen LogP contribution in [0.3, 0.4) is 0 Å². The summed E-state index contributed by atoms with van der Waals surface area (Å²) in [4.78, 5) is 13.1. The number of hydrogen-bond donors (Lipinski definition) is 1. The Hall–Kier alpha value is -2.51. The quantitative estimate of drug-likeness (QED) is 0.932. The van der Waals surface area contributed by atoms with E-state index in [2.05, 4.69) is 5.10 Å². The van der Waals surface area contributed by atoms with E-state index in [4.69, 9.17) is 0 Å². The molecule has 128 valence electrons.